The summed E-state index contributed by atoms with van der Waals surface area (Å²) < 4.78 is 10.3. The zero-order chi connectivity index (χ0) is 16.5. The summed E-state index contributed by atoms with van der Waals surface area (Å²) in [4.78, 5) is 12.8. The number of rotatable bonds is 3. The van der Waals surface area contributed by atoms with Crippen LogP contribution in [0.3, 0.4) is 0 Å². The van der Waals surface area contributed by atoms with Gasteiger partial charge in [-0.3, -0.25) is 4.79 Å². The minimum absolute atomic E-state index is 0.0111. The maximum Gasteiger partial charge on any atom is 0.259 e. The van der Waals surface area contributed by atoms with Crippen molar-refractivity contribution in [1.29, 1.82) is 0 Å². The van der Waals surface area contributed by atoms with Crippen molar-refractivity contribution in [3.8, 4) is 11.5 Å². The number of benzene rings is 1. The van der Waals surface area contributed by atoms with Crippen molar-refractivity contribution >= 4 is 11.8 Å². The number of nitrogens with one attached hydrogen (secondary N) is 1. The van der Waals surface area contributed by atoms with Gasteiger partial charge in [0.05, 0.1) is 12.3 Å². The van der Waals surface area contributed by atoms with Gasteiger partial charge in [0.1, 0.15) is 5.56 Å². The van der Waals surface area contributed by atoms with Crippen molar-refractivity contribution in [2.45, 2.75) is 25.3 Å². The molecule has 1 atom stereocenters. The van der Waals surface area contributed by atoms with Crippen LogP contribution in [0.1, 0.15) is 40.4 Å². The molecule has 1 unspecified atom stereocenters. The Bertz CT molecular complexity index is 868. The Hall–Kier alpha value is -3.02. The molecule has 3 N–H and O–H groups in total. The molecule has 0 fully saturated rings. The second-order valence-electron chi connectivity index (χ2n) is 5.86. The van der Waals surface area contributed by atoms with Crippen molar-refractivity contribution in [3.63, 3.8) is 0 Å². The molecule has 4 rings (SSSR count). The van der Waals surface area contributed by atoms with Crippen LogP contribution < -0.4 is 11.1 Å². The van der Waals surface area contributed by atoms with Gasteiger partial charge in [-0.1, -0.05) is 29.4 Å². The number of hydrogen-bond donors (Lipinski definition) is 2. The standard InChI is InChI=1S/C18H17N3O3/c19-17-15(16(21-24-17)14-9-4-10-23-14)18(22)20-13-8-3-6-11-5-1-2-7-12(11)13/h1-2,4-5,7,9-10,13H,3,6,8,19H2,(H,20,22). The van der Waals surface area contributed by atoms with E-state index in [1.165, 1.54) is 11.8 Å². The summed E-state index contributed by atoms with van der Waals surface area (Å²) >= 11 is 0. The molecule has 1 aliphatic carbocycles. The first-order valence-electron chi connectivity index (χ1n) is 7.91. The number of carbonyl (C=O) groups excluding carboxylic acids is 1. The fourth-order valence-corrected chi connectivity index (χ4v) is 3.24. The minimum Gasteiger partial charge on any atom is -0.463 e. The van der Waals surface area contributed by atoms with E-state index in [2.05, 4.69) is 22.6 Å². The number of amides is 1. The molecule has 0 bridgehead atoms. The van der Waals surface area contributed by atoms with E-state index in [0.29, 0.717) is 11.5 Å². The zero-order valence-electron chi connectivity index (χ0n) is 13.0. The quantitative estimate of drug-likeness (QED) is 0.771. The SMILES string of the molecule is Nc1onc(-c2ccco2)c1C(=O)NC1CCCc2ccccc21. The van der Waals surface area contributed by atoms with Crippen LogP contribution in [0.2, 0.25) is 0 Å². The van der Waals surface area contributed by atoms with Gasteiger partial charge in [0.15, 0.2) is 11.5 Å². The average Bonchev–Trinajstić information content (AvgIpc) is 3.24. The Morgan fingerprint density at radius 3 is 2.96 bits per heavy atom. The number of carbonyl (C=O) groups is 1. The average molecular weight is 323 g/mol. The molecule has 24 heavy (non-hydrogen) atoms. The van der Waals surface area contributed by atoms with Crippen LogP contribution in [0, 0.1) is 0 Å². The Kier molecular flexibility index (Phi) is 3.57. The molecule has 1 aliphatic rings. The molecule has 2 aromatic heterocycles. The topological polar surface area (TPSA) is 94.3 Å². The van der Waals surface area contributed by atoms with E-state index in [4.69, 9.17) is 14.7 Å². The van der Waals surface area contributed by atoms with Gasteiger partial charge in [-0.2, -0.15) is 0 Å². The molecular formula is C18H17N3O3. The summed E-state index contributed by atoms with van der Waals surface area (Å²) in [6.45, 7) is 0. The van der Waals surface area contributed by atoms with E-state index in [9.17, 15) is 4.79 Å². The number of anilines is 1. The first kappa shape index (κ1) is 14.6. The predicted octanol–water partition coefficient (Wildman–Crippen LogP) is 3.32. The number of nitrogens with zero attached hydrogens (tertiary/aromatic N) is 1. The highest BCUT2D eigenvalue weighted by Crippen LogP contribution is 2.32. The highest BCUT2D eigenvalue weighted by atomic mass is 16.5. The highest BCUT2D eigenvalue weighted by molar-refractivity contribution is 6.03. The maximum absolute atomic E-state index is 12.8. The molecule has 0 saturated heterocycles. The van der Waals surface area contributed by atoms with Crippen molar-refractivity contribution < 1.29 is 13.7 Å². The third-order valence-corrected chi connectivity index (χ3v) is 4.37. The maximum atomic E-state index is 12.8. The number of hydrogen-bond acceptors (Lipinski definition) is 5. The van der Waals surface area contributed by atoms with Crippen LogP contribution in [0.25, 0.3) is 11.5 Å². The number of fused-ring (bicyclic) bond motifs is 1. The van der Waals surface area contributed by atoms with E-state index in [1.807, 2.05) is 12.1 Å². The molecule has 6 heteroatoms. The lowest BCUT2D eigenvalue weighted by atomic mass is 9.87. The van der Waals surface area contributed by atoms with Crippen molar-refractivity contribution in [3.05, 3.63) is 59.4 Å². The van der Waals surface area contributed by atoms with Crippen LogP contribution >= 0.6 is 0 Å². The molecule has 0 radical (unpaired) electrons. The number of aromatic nitrogens is 1. The van der Waals surface area contributed by atoms with Gasteiger partial charge in [0.25, 0.3) is 5.91 Å². The van der Waals surface area contributed by atoms with Crippen LogP contribution in [0.5, 0.6) is 0 Å². The molecule has 3 aromatic rings. The molecule has 2 heterocycles. The third kappa shape index (κ3) is 2.46. The molecule has 0 spiro atoms. The monoisotopic (exact) mass is 323 g/mol. The summed E-state index contributed by atoms with van der Waals surface area (Å²) in [6.07, 6.45) is 4.48. The molecule has 0 aliphatic heterocycles. The normalized spacial score (nSPS) is 16.6. The number of nitrogens with two attached hydrogens (primary N) is 1. The van der Waals surface area contributed by atoms with Crippen LogP contribution in [-0.4, -0.2) is 11.1 Å². The number of nitrogen functional groups attached to an aromatic ring is 1. The summed E-state index contributed by atoms with van der Waals surface area (Å²) in [5.74, 6) is 0.134. The van der Waals surface area contributed by atoms with Crippen LogP contribution in [-0.2, 0) is 6.42 Å². The lowest BCUT2D eigenvalue weighted by molar-refractivity contribution is 0.0933. The molecule has 6 nitrogen and oxygen atoms in total. The molecule has 1 amide bonds. The highest BCUT2D eigenvalue weighted by Gasteiger charge is 2.28. The Morgan fingerprint density at radius 2 is 2.12 bits per heavy atom. The van der Waals surface area contributed by atoms with Gasteiger partial charge in [0, 0.05) is 0 Å². The number of aryl methyl sites for hydroxylation is 1. The first-order valence-corrected chi connectivity index (χ1v) is 7.91. The molecule has 122 valence electrons. The molecule has 1 aromatic carbocycles. The van der Waals surface area contributed by atoms with E-state index in [1.54, 1.807) is 12.1 Å². The third-order valence-electron chi connectivity index (χ3n) is 4.37. The van der Waals surface area contributed by atoms with E-state index >= 15 is 0 Å². The van der Waals surface area contributed by atoms with Gasteiger partial charge >= 0.3 is 0 Å². The summed E-state index contributed by atoms with van der Waals surface area (Å²) in [7, 11) is 0. The van der Waals surface area contributed by atoms with Crippen LogP contribution in [0.15, 0.2) is 51.6 Å². The van der Waals surface area contributed by atoms with Crippen molar-refractivity contribution in [1.82, 2.24) is 10.5 Å². The van der Waals surface area contributed by atoms with Crippen molar-refractivity contribution in [2.75, 3.05) is 5.73 Å². The van der Waals surface area contributed by atoms with Gasteiger partial charge in [-0.05, 0) is 42.5 Å². The first-order chi connectivity index (χ1) is 11.7. The lowest BCUT2D eigenvalue weighted by Gasteiger charge is -2.26. The van der Waals surface area contributed by atoms with E-state index < -0.39 is 0 Å². The summed E-state index contributed by atoms with van der Waals surface area (Å²) in [5.41, 5.74) is 8.79. The zero-order valence-corrected chi connectivity index (χ0v) is 13.0. The predicted molar refractivity (Wildman–Crippen MR) is 88.2 cm³/mol. The lowest BCUT2D eigenvalue weighted by Crippen LogP contribution is -2.31. The molecular weight excluding hydrogens is 306 g/mol. The Morgan fingerprint density at radius 1 is 1.25 bits per heavy atom. The Labute approximate surface area is 138 Å². The summed E-state index contributed by atoms with van der Waals surface area (Å²) in [5, 5.41) is 6.92. The number of furan rings is 1. The van der Waals surface area contributed by atoms with Crippen molar-refractivity contribution in [2.24, 2.45) is 0 Å². The molecule has 0 saturated carbocycles. The largest absolute Gasteiger partial charge is 0.463 e. The van der Waals surface area contributed by atoms with E-state index in [0.717, 1.165) is 24.8 Å². The fourth-order valence-electron chi connectivity index (χ4n) is 3.24. The van der Waals surface area contributed by atoms with Gasteiger partial charge in [0.2, 0.25) is 5.88 Å². The smallest absolute Gasteiger partial charge is 0.259 e. The van der Waals surface area contributed by atoms with Crippen LogP contribution in [0.4, 0.5) is 5.88 Å². The van der Waals surface area contributed by atoms with Gasteiger partial charge in [-0.15, -0.1) is 0 Å². The summed E-state index contributed by atoms with van der Waals surface area (Å²) in [6, 6.07) is 11.6. The van der Waals surface area contributed by atoms with E-state index in [-0.39, 0.29) is 23.4 Å². The second-order valence-corrected chi connectivity index (χ2v) is 5.86. The second kappa shape index (κ2) is 5.88. The van der Waals surface area contributed by atoms with Gasteiger partial charge in [-0.25, -0.2) is 0 Å². The minimum atomic E-state index is -0.304. The van der Waals surface area contributed by atoms with Gasteiger partial charge < -0.3 is 20.0 Å². The Balaban J connectivity index is 1.64. The fraction of sp³-hybridized carbons (Fsp3) is 0.222.